The number of carbonyl (C=O) groups is 1. The minimum Gasteiger partial charge on any atom is -0.362 e. The highest BCUT2D eigenvalue weighted by Crippen LogP contribution is 1.97. The zero-order valence-corrected chi connectivity index (χ0v) is 6.43. The van der Waals surface area contributed by atoms with Crippen molar-refractivity contribution >= 4 is 5.78 Å². The van der Waals surface area contributed by atoms with Gasteiger partial charge >= 0.3 is 0 Å². The molecule has 0 amide bonds. The topological polar surface area (TPSA) is 83.3 Å². The van der Waals surface area contributed by atoms with E-state index in [-0.39, 0.29) is 5.69 Å². The first-order chi connectivity index (χ1) is 5.61. The number of ketones is 1. The maximum Gasteiger partial charge on any atom is 0.238 e. The summed E-state index contributed by atoms with van der Waals surface area (Å²) < 4.78 is 0. The van der Waals surface area contributed by atoms with Gasteiger partial charge < -0.3 is 10.2 Å². The number of Topliss-reactive ketones (excluding diaryl/α,β-unsaturated/α-hetero) is 1. The van der Waals surface area contributed by atoms with Crippen LogP contribution in [0.15, 0.2) is 12.4 Å². The van der Waals surface area contributed by atoms with Gasteiger partial charge in [-0.1, -0.05) is 0 Å². The van der Waals surface area contributed by atoms with Gasteiger partial charge in [0.15, 0.2) is 0 Å². The van der Waals surface area contributed by atoms with E-state index in [9.17, 15) is 4.79 Å². The molecular weight excluding hydrogens is 160 g/mol. The van der Waals surface area contributed by atoms with E-state index in [1.807, 2.05) is 0 Å². The summed E-state index contributed by atoms with van der Waals surface area (Å²) in [7, 11) is 0. The highest BCUT2D eigenvalue weighted by Gasteiger charge is 2.14. The zero-order valence-electron chi connectivity index (χ0n) is 6.43. The first kappa shape index (κ1) is 8.76. The number of nitrogens with zero attached hydrogens (tertiary/aromatic N) is 2. The van der Waals surface area contributed by atoms with Crippen LogP contribution in [-0.2, 0) is 0 Å². The molecule has 64 valence electrons. The third-order valence-electron chi connectivity index (χ3n) is 1.27. The highest BCUT2D eigenvalue weighted by atomic mass is 16.5. The van der Waals surface area contributed by atoms with Gasteiger partial charge in [0.05, 0.1) is 11.9 Å². The van der Waals surface area contributed by atoms with E-state index in [1.165, 1.54) is 12.4 Å². The van der Waals surface area contributed by atoms with Crippen molar-refractivity contribution in [1.82, 2.24) is 9.97 Å². The second-order valence-electron chi connectivity index (χ2n) is 2.28. The predicted molar refractivity (Wildman–Crippen MR) is 39.3 cm³/mol. The Morgan fingerprint density at radius 2 is 2.08 bits per heavy atom. The van der Waals surface area contributed by atoms with Crippen molar-refractivity contribution in [2.24, 2.45) is 0 Å². The van der Waals surface area contributed by atoms with Crippen LogP contribution < -0.4 is 0 Å². The van der Waals surface area contributed by atoms with Crippen LogP contribution in [0.1, 0.15) is 16.2 Å². The Hall–Kier alpha value is -1.33. The zero-order chi connectivity index (χ0) is 9.14. The fraction of sp³-hybridized carbons (Fsp3) is 0.286. The average Bonchev–Trinajstić information content (AvgIpc) is 2.04. The molecule has 0 atom stereocenters. The summed E-state index contributed by atoms with van der Waals surface area (Å²) in [4.78, 5) is 18.3. The lowest BCUT2D eigenvalue weighted by atomic mass is 10.3. The Morgan fingerprint density at radius 3 is 2.50 bits per heavy atom. The second-order valence-corrected chi connectivity index (χ2v) is 2.28. The van der Waals surface area contributed by atoms with Crippen LogP contribution in [0.4, 0.5) is 0 Å². The molecule has 1 aromatic rings. The number of carbonyl (C=O) groups excluding carboxylic acids is 1. The Bertz CT molecular complexity index is 281. The van der Waals surface area contributed by atoms with Gasteiger partial charge in [-0.25, -0.2) is 4.98 Å². The van der Waals surface area contributed by atoms with Gasteiger partial charge in [0, 0.05) is 6.20 Å². The van der Waals surface area contributed by atoms with E-state index in [4.69, 9.17) is 10.2 Å². The molecule has 1 rings (SSSR count). The summed E-state index contributed by atoms with van der Waals surface area (Å²) in [5, 5.41) is 17.0. The second kappa shape index (κ2) is 3.38. The van der Waals surface area contributed by atoms with E-state index in [2.05, 4.69) is 9.97 Å². The number of aromatic nitrogens is 2. The van der Waals surface area contributed by atoms with Crippen LogP contribution in [-0.4, -0.2) is 32.3 Å². The van der Waals surface area contributed by atoms with Crippen molar-refractivity contribution in [3.8, 4) is 0 Å². The summed E-state index contributed by atoms with van der Waals surface area (Å²) in [6, 6.07) is 0. The van der Waals surface area contributed by atoms with E-state index in [0.29, 0.717) is 5.69 Å². The molecule has 2 N–H and O–H groups in total. The van der Waals surface area contributed by atoms with E-state index in [1.54, 1.807) is 6.92 Å². The molecule has 0 fully saturated rings. The maximum absolute atomic E-state index is 10.9. The molecule has 0 saturated carbocycles. The van der Waals surface area contributed by atoms with Crippen LogP contribution in [0.25, 0.3) is 0 Å². The molecule has 0 aliphatic carbocycles. The summed E-state index contributed by atoms with van der Waals surface area (Å²) >= 11 is 0. The minimum absolute atomic E-state index is 0.0457. The highest BCUT2D eigenvalue weighted by molar-refractivity contribution is 5.96. The molecule has 0 bridgehead atoms. The van der Waals surface area contributed by atoms with Crippen molar-refractivity contribution in [2.45, 2.75) is 13.2 Å². The number of rotatable bonds is 2. The lowest BCUT2D eigenvalue weighted by Crippen LogP contribution is -2.20. The maximum atomic E-state index is 10.9. The van der Waals surface area contributed by atoms with Crippen molar-refractivity contribution < 1.29 is 15.0 Å². The average molecular weight is 168 g/mol. The molecule has 0 aliphatic rings. The fourth-order valence-electron chi connectivity index (χ4n) is 0.652. The number of aliphatic hydroxyl groups excluding tert-OH is 1. The predicted octanol–water partition coefficient (Wildman–Crippen LogP) is -0.722. The molecule has 0 aliphatic heterocycles. The number of hydrogen-bond acceptors (Lipinski definition) is 5. The summed E-state index contributed by atoms with van der Waals surface area (Å²) in [5.74, 6) is -0.845. The molecule has 5 heteroatoms. The lowest BCUT2D eigenvalue weighted by molar-refractivity contribution is -0.0199. The van der Waals surface area contributed by atoms with Gasteiger partial charge in [0.1, 0.15) is 5.69 Å². The van der Waals surface area contributed by atoms with Gasteiger partial charge in [0.25, 0.3) is 0 Å². The van der Waals surface area contributed by atoms with E-state index < -0.39 is 12.1 Å². The molecule has 0 radical (unpaired) electrons. The normalized spacial score (nSPS) is 10.3. The molecule has 1 heterocycles. The third-order valence-corrected chi connectivity index (χ3v) is 1.27. The quantitative estimate of drug-likeness (QED) is 0.449. The smallest absolute Gasteiger partial charge is 0.238 e. The first-order valence-corrected chi connectivity index (χ1v) is 3.30. The fourth-order valence-corrected chi connectivity index (χ4v) is 0.652. The third kappa shape index (κ3) is 1.84. The molecule has 0 aromatic carbocycles. The largest absolute Gasteiger partial charge is 0.362 e. The van der Waals surface area contributed by atoms with Crippen molar-refractivity contribution in [1.29, 1.82) is 0 Å². The van der Waals surface area contributed by atoms with Crippen LogP contribution in [0.2, 0.25) is 0 Å². The lowest BCUT2D eigenvalue weighted by Gasteiger charge is -2.00. The van der Waals surface area contributed by atoms with Gasteiger partial charge in [-0.05, 0) is 6.92 Å². The van der Waals surface area contributed by atoms with Crippen LogP contribution >= 0.6 is 0 Å². The molecular formula is C7H8N2O3. The van der Waals surface area contributed by atoms with Crippen molar-refractivity contribution in [2.75, 3.05) is 0 Å². The van der Waals surface area contributed by atoms with Crippen molar-refractivity contribution in [3.63, 3.8) is 0 Å². The molecule has 0 spiro atoms. The first-order valence-electron chi connectivity index (χ1n) is 3.30. The minimum atomic E-state index is -2.01. The van der Waals surface area contributed by atoms with E-state index >= 15 is 0 Å². The summed E-state index contributed by atoms with van der Waals surface area (Å²) in [6.07, 6.45) is 0.578. The molecule has 12 heavy (non-hydrogen) atoms. The van der Waals surface area contributed by atoms with Crippen molar-refractivity contribution in [3.05, 3.63) is 23.8 Å². The molecule has 1 aromatic heterocycles. The molecule has 5 nitrogen and oxygen atoms in total. The van der Waals surface area contributed by atoms with Gasteiger partial charge in [-0.3, -0.25) is 9.78 Å². The Balaban J connectivity index is 2.90. The number of aliphatic hydroxyl groups is 2. The Labute approximate surface area is 68.7 Å². The van der Waals surface area contributed by atoms with Crippen LogP contribution in [0.5, 0.6) is 0 Å². The Kier molecular flexibility index (Phi) is 2.47. The molecule has 0 unspecified atom stereocenters. The standard InChI is InChI=1S/C7H8N2O3/c1-4-2-9-5(3-8-4)6(10)7(11)12/h2-3,7,11-12H,1H3. The van der Waals surface area contributed by atoms with Gasteiger partial charge in [-0.2, -0.15) is 0 Å². The van der Waals surface area contributed by atoms with Gasteiger partial charge in [0.2, 0.25) is 12.1 Å². The summed E-state index contributed by atoms with van der Waals surface area (Å²) in [5.41, 5.74) is 0.620. The van der Waals surface area contributed by atoms with E-state index in [0.717, 1.165) is 0 Å². The monoisotopic (exact) mass is 168 g/mol. The number of hydrogen-bond donors (Lipinski definition) is 2. The SMILES string of the molecule is Cc1cnc(C(=O)C(O)O)cn1. The van der Waals surface area contributed by atoms with Crippen LogP contribution in [0, 0.1) is 6.92 Å². The Morgan fingerprint density at radius 1 is 1.42 bits per heavy atom. The van der Waals surface area contributed by atoms with Gasteiger partial charge in [-0.15, -0.1) is 0 Å². The number of aryl methyl sites for hydroxylation is 1. The van der Waals surface area contributed by atoms with Crippen LogP contribution in [0.3, 0.4) is 0 Å². The summed E-state index contributed by atoms with van der Waals surface area (Å²) in [6.45, 7) is 1.72. The molecule has 0 saturated heterocycles.